The summed E-state index contributed by atoms with van der Waals surface area (Å²) in [4.78, 5) is 24.0. The summed E-state index contributed by atoms with van der Waals surface area (Å²) in [5, 5.41) is 3.34. The van der Waals surface area contributed by atoms with Gasteiger partial charge in [0.1, 0.15) is 4.88 Å². The standard InChI is InChI=1S/C13H12ClNO4S/c1-3-18-13(17)11-7(2)6-10(20-11)15-12(16)8-4-5-9(14)19-8/h4-6H,3H2,1-2H3,(H,15,16). The average Bonchev–Trinajstić information content (AvgIpc) is 2.96. The van der Waals surface area contributed by atoms with Gasteiger partial charge in [0, 0.05) is 0 Å². The molecule has 0 saturated heterocycles. The van der Waals surface area contributed by atoms with Gasteiger partial charge in [0.15, 0.2) is 11.0 Å². The fourth-order valence-electron chi connectivity index (χ4n) is 1.55. The molecule has 0 aliphatic carbocycles. The molecule has 0 saturated carbocycles. The van der Waals surface area contributed by atoms with Gasteiger partial charge in [-0.25, -0.2) is 4.79 Å². The van der Waals surface area contributed by atoms with Crippen molar-refractivity contribution < 1.29 is 18.7 Å². The third-order valence-electron chi connectivity index (χ3n) is 2.41. The largest absolute Gasteiger partial charge is 0.462 e. The molecule has 0 aliphatic rings. The minimum Gasteiger partial charge on any atom is -0.462 e. The van der Waals surface area contributed by atoms with E-state index in [9.17, 15) is 9.59 Å². The summed E-state index contributed by atoms with van der Waals surface area (Å²) in [5.41, 5.74) is 0.751. The zero-order valence-electron chi connectivity index (χ0n) is 10.9. The Balaban J connectivity index is 2.12. The molecule has 0 unspecified atom stereocenters. The van der Waals surface area contributed by atoms with E-state index < -0.39 is 11.9 Å². The van der Waals surface area contributed by atoms with Crippen molar-refractivity contribution in [1.29, 1.82) is 0 Å². The lowest BCUT2D eigenvalue weighted by molar-refractivity contribution is 0.0531. The van der Waals surface area contributed by atoms with Crippen LogP contribution < -0.4 is 5.32 Å². The molecular formula is C13H12ClNO4S. The van der Waals surface area contributed by atoms with Gasteiger partial charge < -0.3 is 14.5 Å². The van der Waals surface area contributed by atoms with Crippen molar-refractivity contribution in [3.8, 4) is 0 Å². The van der Waals surface area contributed by atoms with Crippen molar-refractivity contribution in [2.24, 2.45) is 0 Å². The van der Waals surface area contributed by atoms with E-state index in [1.807, 2.05) is 0 Å². The number of ether oxygens (including phenoxy) is 1. The van der Waals surface area contributed by atoms with Crippen LogP contribution in [0.3, 0.4) is 0 Å². The molecule has 0 aliphatic heterocycles. The van der Waals surface area contributed by atoms with Crippen LogP contribution in [0.1, 0.15) is 32.7 Å². The van der Waals surface area contributed by atoms with Crippen LogP contribution in [0.15, 0.2) is 22.6 Å². The number of furan rings is 1. The van der Waals surface area contributed by atoms with Crippen LogP contribution in [0, 0.1) is 6.92 Å². The van der Waals surface area contributed by atoms with Gasteiger partial charge in [-0.3, -0.25) is 4.79 Å². The fraction of sp³-hybridized carbons (Fsp3) is 0.231. The smallest absolute Gasteiger partial charge is 0.348 e. The summed E-state index contributed by atoms with van der Waals surface area (Å²) in [5.74, 6) is -0.705. The highest BCUT2D eigenvalue weighted by atomic mass is 35.5. The maximum atomic E-state index is 11.9. The molecular weight excluding hydrogens is 302 g/mol. The zero-order valence-corrected chi connectivity index (χ0v) is 12.4. The van der Waals surface area contributed by atoms with Crippen LogP contribution in [0.4, 0.5) is 5.00 Å². The van der Waals surface area contributed by atoms with E-state index in [-0.39, 0.29) is 11.0 Å². The number of thiophene rings is 1. The van der Waals surface area contributed by atoms with E-state index in [2.05, 4.69) is 5.32 Å². The van der Waals surface area contributed by atoms with Gasteiger partial charge in [-0.1, -0.05) is 0 Å². The molecule has 0 radical (unpaired) electrons. The van der Waals surface area contributed by atoms with Gasteiger partial charge in [-0.2, -0.15) is 0 Å². The Morgan fingerprint density at radius 1 is 1.45 bits per heavy atom. The molecule has 0 bridgehead atoms. The predicted molar refractivity (Wildman–Crippen MR) is 76.7 cm³/mol. The number of rotatable bonds is 4. The molecule has 0 aromatic carbocycles. The number of nitrogens with one attached hydrogen (secondary N) is 1. The van der Waals surface area contributed by atoms with Gasteiger partial charge in [-0.15, -0.1) is 11.3 Å². The molecule has 0 fully saturated rings. The zero-order chi connectivity index (χ0) is 14.7. The molecule has 5 nitrogen and oxygen atoms in total. The number of hydrogen-bond donors (Lipinski definition) is 1. The summed E-state index contributed by atoms with van der Waals surface area (Å²) >= 11 is 6.76. The second-order valence-corrected chi connectivity index (χ2v) is 5.33. The summed E-state index contributed by atoms with van der Waals surface area (Å²) in [6.07, 6.45) is 0. The van der Waals surface area contributed by atoms with Crippen LogP contribution in [-0.2, 0) is 4.74 Å². The Labute approximate surface area is 124 Å². The third-order valence-corrected chi connectivity index (χ3v) is 3.75. The number of anilines is 1. The predicted octanol–water partition coefficient (Wildman–Crippen LogP) is 3.73. The van der Waals surface area contributed by atoms with Gasteiger partial charge in [0.05, 0.1) is 11.6 Å². The quantitative estimate of drug-likeness (QED) is 0.873. The minimum atomic E-state index is -0.423. The Kier molecular flexibility index (Phi) is 4.46. The van der Waals surface area contributed by atoms with E-state index >= 15 is 0 Å². The third kappa shape index (κ3) is 3.20. The first-order valence-electron chi connectivity index (χ1n) is 5.85. The minimum absolute atomic E-state index is 0.110. The summed E-state index contributed by atoms with van der Waals surface area (Å²) < 4.78 is 9.94. The maximum Gasteiger partial charge on any atom is 0.348 e. The summed E-state index contributed by atoms with van der Waals surface area (Å²) in [6.45, 7) is 3.83. The molecule has 2 rings (SSSR count). The molecule has 1 amide bonds. The van der Waals surface area contributed by atoms with Crippen LogP contribution in [0.2, 0.25) is 5.22 Å². The number of esters is 1. The van der Waals surface area contributed by atoms with Crippen LogP contribution in [-0.4, -0.2) is 18.5 Å². The topological polar surface area (TPSA) is 68.5 Å². The van der Waals surface area contributed by atoms with E-state index in [1.165, 1.54) is 12.1 Å². The maximum absolute atomic E-state index is 11.9. The van der Waals surface area contributed by atoms with Crippen LogP contribution >= 0.6 is 22.9 Å². The van der Waals surface area contributed by atoms with Gasteiger partial charge in [0.25, 0.3) is 5.91 Å². The molecule has 2 heterocycles. The van der Waals surface area contributed by atoms with Crippen molar-refractivity contribution in [3.05, 3.63) is 39.6 Å². The van der Waals surface area contributed by atoms with Crippen LogP contribution in [0.5, 0.6) is 0 Å². The van der Waals surface area contributed by atoms with E-state index in [1.54, 1.807) is 19.9 Å². The number of aryl methyl sites for hydroxylation is 1. The molecule has 2 aromatic rings. The van der Waals surface area contributed by atoms with Gasteiger partial charge in [-0.05, 0) is 49.2 Å². The first kappa shape index (κ1) is 14.6. The fourth-order valence-corrected chi connectivity index (χ4v) is 2.66. The molecule has 0 atom stereocenters. The lowest BCUT2D eigenvalue weighted by Crippen LogP contribution is -2.09. The highest BCUT2D eigenvalue weighted by molar-refractivity contribution is 7.18. The number of carbonyl (C=O) groups is 2. The molecule has 0 spiro atoms. The monoisotopic (exact) mass is 313 g/mol. The van der Waals surface area contributed by atoms with Crippen molar-refractivity contribution in [1.82, 2.24) is 0 Å². The van der Waals surface area contributed by atoms with E-state index in [0.717, 1.165) is 16.9 Å². The number of carbonyl (C=O) groups excluding carboxylic acids is 2. The van der Waals surface area contributed by atoms with Gasteiger partial charge >= 0.3 is 5.97 Å². The summed E-state index contributed by atoms with van der Waals surface area (Å²) in [6, 6.07) is 4.67. The van der Waals surface area contributed by atoms with Gasteiger partial charge in [0.2, 0.25) is 0 Å². The Morgan fingerprint density at radius 2 is 2.20 bits per heavy atom. The van der Waals surface area contributed by atoms with E-state index in [4.69, 9.17) is 20.8 Å². The van der Waals surface area contributed by atoms with Crippen molar-refractivity contribution in [2.75, 3.05) is 11.9 Å². The Morgan fingerprint density at radius 3 is 2.80 bits per heavy atom. The molecule has 7 heteroatoms. The summed E-state index contributed by atoms with van der Waals surface area (Å²) in [7, 11) is 0. The highest BCUT2D eigenvalue weighted by Gasteiger charge is 2.17. The molecule has 2 aromatic heterocycles. The van der Waals surface area contributed by atoms with Crippen molar-refractivity contribution in [3.63, 3.8) is 0 Å². The number of amides is 1. The molecule has 106 valence electrons. The first-order valence-corrected chi connectivity index (χ1v) is 7.05. The van der Waals surface area contributed by atoms with Crippen molar-refractivity contribution >= 4 is 39.8 Å². The number of halogens is 1. The second kappa shape index (κ2) is 6.11. The highest BCUT2D eigenvalue weighted by Crippen LogP contribution is 2.28. The normalized spacial score (nSPS) is 10.3. The molecule has 1 N–H and O–H groups in total. The first-order chi connectivity index (χ1) is 9.51. The van der Waals surface area contributed by atoms with Crippen molar-refractivity contribution in [2.45, 2.75) is 13.8 Å². The molecule has 20 heavy (non-hydrogen) atoms. The Hall–Kier alpha value is -1.79. The SMILES string of the molecule is CCOC(=O)c1sc(NC(=O)c2ccc(Cl)o2)cc1C. The number of hydrogen-bond acceptors (Lipinski definition) is 5. The van der Waals surface area contributed by atoms with E-state index in [0.29, 0.717) is 16.5 Å². The lowest BCUT2D eigenvalue weighted by atomic mass is 10.3. The lowest BCUT2D eigenvalue weighted by Gasteiger charge is -1.99. The Bertz CT molecular complexity index is 647. The van der Waals surface area contributed by atoms with Crippen LogP contribution in [0.25, 0.3) is 0 Å². The average molecular weight is 314 g/mol. The second-order valence-electron chi connectivity index (χ2n) is 3.90.